The number of pyridine rings is 2. The summed E-state index contributed by atoms with van der Waals surface area (Å²) >= 11 is 3.09. The van der Waals surface area contributed by atoms with Gasteiger partial charge in [-0.2, -0.15) is 0 Å². The van der Waals surface area contributed by atoms with Gasteiger partial charge < -0.3 is 34.7 Å². The molecule has 262 valence electrons. The summed E-state index contributed by atoms with van der Waals surface area (Å²) in [7, 11) is 2.49. The third-order valence-corrected chi connectivity index (χ3v) is 5.45. The molecule has 0 radical (unpaired) electrons. The van der Waals surface area contributed by atoms with Crippen LogP contribution < -0.4 is 20.5 Å². The number of hydrogen-bond acceptors (Lipinski definition) is 16. The molecule has 0 saturated heterocycles. The zero-order valence-corrected chi connectivity index (χ0v) is 29.1. The highest BCUT2D eigenvalue weighted by Gasteiger charge is 2.11. The van der Waals surface area contributed by atoms with E-state index in [0.717, 1.165) is 18.2 Å². The molecule has 0 spiro atoms. The second kappa shape index (κ2) is 26.4. The van der Waals surface area contributed by atoms with Crippen LogP contribution in [0.15, 0.2) is 114 Å². The summed E-state index contributed by atoms with van der Waals surface area (Å²) < 4.78 is 10.3. The van der Waals surface area contributed by atoms with Gasteiger partial charge in [0.15, 0.2) is 16.4 Å². The van der Waals surface area contributed by atoms with E-state index >= 15 is 0 Å². The molecule has 50 heavy (non-hydrogen) atoms. The van der Waals surface area contributed by atoms with Crippen molar-refractivity contribution in [3.05, 3.63) is 120 Å². The summed E-state index contributed by atoms with van der Waals surface area (Å²) in [6.45, 7) is 1.93. The Hall–Kier alpha value is -5.60. The first kappa shape index (κ1) is 42.4. The molecule has 19 heteroatoms. The average molecular weight is 751 g/mol. The molecule has 0 bridgehead atoms. The van der Waals surface area contributed by atoms with Crippen LogP contribution in [0.5, 0.6) is 11.9 Å². The van der Waals surface area contributed by atoms with Crippen LogP contribution in [0.4, 0.5) is 0 Å². The number of aromatic nitrogens is 10. The van der Waals surface area contributed by atoms with Gasteiger partial charge in [0.2, 0.25) is 11.4 Å². The number of nitrogens with one attached hydrogen (secondary N) is 1. The lowest BCUT2D eigenvalue weighted by atomic mass is 9.83. The number of methoxy groups -OCH3 is 2. The first-order chi connectivity index (χ1) is 24.3. The Morgan fingerprint density at radius 1 is 0.700 bits per heavy atom. The van der Waals surface area contributed by atoms with E-state index in [-0.39, 0.29) is 23.6 Å². The molecule has 0 fully saturated rings. The number of halogens is 1. The first-order valence-corrected chi connectivity index (χ1v) is 15.0. The molecule has 0 aliphatic heterocycles. The summed E-state index contributed by atoms with van der Waals surface area (Å²) in [4.78, 5) is 48.6. The van der Waals surface area contributed by atoms with Crippen molar-refractivity contribution in [3.63, 3.8) is 0 Å². The van der Waals surface area contributed by atoms with Crippen LogP contribution >= 0.6 is 15.9 Å². The molecular formula is C31H36BBrN10O7. The maximum Gasteiger partial charge on any atom is 0.491 e. The molecule has 0 aliphatic carbocycles. The van der Waals surface area contributed by atoms with Crippen LogP contribution in [0.2, 0.25) is 0 Å². The number of aliphatic hydroxyl groups excluding tert-OH is 2. The van der Waals surface area contributed by atoms with E-state index in [2.05, 4.69) is 70.5 Å². The van der Waals surface area contributed by atoms with Crippen molar-refractivity contribution in [3.8, 4) is 34.7 Å². The number of aromatic amines is 1. The highest BCUT2D eigenvalue weighted by atomic mass is 79.9. The molecule has 6 aromatic rings. The maximum absolute atomic E-state index is 10.8. The normalized spacial score (nSPS) is 9.06. The fraction of sp³-hybridized carbons (Fsp3) is 0.161. The van der Waals surface area contributed by atoms with Gasteiger partial charge in [-0.3, -0.25) is 4.79 Å². The number of H-pyrrole nitrogens is 1. The monoisotopic (exact) mass is 750 g/mol. The molecule has 6 rings (SSSR count). The third-order valence-electron chi connectivity index (χ3n) is 5.04. The Morgan fingerprint density at radius 3 is 1.54 bits per heavy atom. The third kappa shape index (κ3) is 17.5. The lowest BCUT2D eigenvalue weighted by molar-refractivity contribution is 0.318. The van der Waals surface area contributed by atoms with Crippen molar-refractivity contribution >= 4 is 28.5 Å². The van der Waals surface area contributed by atoms with Gasteiger partial charge in [-0.15, -0.1) is 0 Å². The topological polar surface area (TPSA) is 248 Å². The van der Waals surface area contributed by atoms with Crippen LogP contribution in [0, 0.1) is 0 Å². The molecule has 0 aliphatic rings. The van der Waals surface area contributed by atoms with Gasteiger partial charge >= 0.3 is 13.1 Å². The zero-order valence-electron chi connectivity index (χ0n) is 27.5. The van der Waals surface area contributed by atoms with E-state index in [1.807, 2.05) is 6.07 Å². The Morgan fingerprint density at radius 2 is 1.18 bits per heavy atom. The van der Waals surface area contributed by atoms with E-state index < -0.39 is 7.12 Å². The Labute approximate surface area is 296 Å². The van der Waals surface area contributed by atoms with Crippen molar-refractivity contribution in [2.24, 2.45) is 0 Å². The second-order valence-corrected chi connectivity index (χ2v) is 9.10. The lowest BCUT2D eigenvalue weighted by Crippen LogP contribution is -2.30. The van der Waals surface area contributed by atoms with Crippen molar-refractivity contribution in [1.82, 2.24) is 49.8 Å². The maximum atomic E-state index is 10.8. The molecule has 0 unspecified atom stereocenters. The minimum absolute atomic E-state index is 0.125. The van der Waals surface area contributed by atoms with Crippen LogP contribution in [0.3, 0.4) is 0 Å². The number of hydrogen-bond donors (Lipinski definition) is 5. The summed E-state index contributed by atoms with van der Waals surface area (Å²) in [6, 6.07) is 12.3. The van der Waals surface area contributed by atoms with E-state index in [0.29, 0.717) is 22.3 Å². The van der Waals surface area contributed by atoms with Gasteiger partial charge in [0, 0.05) is 104 Å². The molecular weight excluding hydrogens is 715 g/mol. The molecule has 0 saturated carbocycles. The Balaban J connectivity index is 0.000000326. The molecule has 0 atom stereocenters. The average Bonchev–Trinajstić information content (AvgIpc) is 3.18. The highest BCUT2D eigenvalue weighted by Crippen LogP contribution is 2.15. The minimum Gasteiger partial charge on any atom is -0.481 e. The molecule has 6 heterocycles. The summed E-state index contributed by atoms with van der Waals surface area (Å²) in [6.07, 6.45) is 15.9. The van der Waals surface area contributed by atoms with Crippen LogP contribution in [-0.2, 0) is 0 Å². The second-order valence-electron chi connectivity index (χ2n) is 8.39. The fourth-order valence-electron chi connectivity index (χ4n) is 2.93. The van der Waals surface area contributed by atoms with Gasteiger partial charge in [-0.1, -0.05) is 0 Å². The predicted octanol–water partition coefficient (Wildman–Crippen LogP) is 1.39. The molecule has 0 amide bonds. The Kier molecular flexibility index (Phi) is 22.4. The number of ether oxygens (including phenoxy) is 2. The van der Waals surface area contributed by atoms with Crippen LogP contribution in [0.25, 0.3) is 22.8 Å². The number of rotatable bonds is 5. The fourth-order valence-corrected chi connectivity index (χ4v) is 3.16. The standard InChI is InChI=1S/C10H9N3O.C9H7N3O.C5H7BN2O3.C4H3BrN2.C2H6O.CH4O/c1-14-9-4-3-8(7-13-9)10-11-5-2-6-12-10;13-8-3-2-7(6-12-8)9-10-4-1-5-11-9;1-11-5-7-2-4(3-8-5)6(9)10;5-4-6-2-1-3-7-4;1-2-3;1-2/h2-7H,1H3;1-6H,(H,12,13);2-3,9-10H,1H3;1-3H;3H,2H2,1H3;2H,1H3. The quantitative estimate of drug-likeness (QED) is 0.123. The van der Waals surface area contributed by atoms with E-state index in [1.54, 1.807) is 93.9 Å². The number of aliphatic hydroxyl groups is 2. The van der Waals surface area contributed by atoms with Gasteiger partial charge in [0.1, 0.15) is 0 Å². The van der Waals surface area contributed by atoms with Crippen molar-refractivity contribution < 1.29 is 29.7 Å². The van der Waals surface area contributed by atoms with Gasteiger partial charge in [-0.25, -0.2) is 44.9 Å². The molecule has 17 nitrogen and oxygen atoms in total. The highest BCUT2D eigenvalue weighted by molar-refractivity contribution is 9.10. The smallest absolute Gasteiger partial charge is 0.481 e. The van der Waals surface area contributed by atoms with Gasteiger partial charge in [-0.05, 0) is 53.2 Å². The number of nitrogens with zero attached hydrogens (tertiary/aromatic N) is 9. The predicted molar refractivity (Wildman–Crippen MR) is 189 cm³/mol. The van der Waals surface area contributed by atoms with E-state index in [4.69, 9.17) is 25.0 Å². The van der Waals surface area contributed by atoms with Crippen LogP contribution in [0.1, 0.15) is 6.92 Å². The first-order valence-electron chi connectivity index (χ1n) is 14.2. The molecule has 5 N–H and O–H groups in total. The summed E-state index contributed by atoms with van der Waals surface area (Å²) in [5.41, 5.74) is 1.80. The SMILES string of the molecule is Brc1ncccn1.CCO.CO.COc1ccc(-c2ncccn2)cn1.COc1ncc(B(O)O)cn1.O=c1ccc(-c2ncccn2)c[nH]1. The van der Waals surface area contributed by atoms with Crippen molar-refractivity contribution in [2.45, 2.75) is 6.92 Å². The summed E-state index contributed by atoms with van der Waals surface area (Å²) in [5, 5.41) is 31.8. The largest absolute Gasteiger partial charge is 0.491 e. The van der Waals surface area contributed by atoms with Crippen LogP contribution in [-0.4, -0.2) is 105 Å². The van der Waals surface area contributed by atoms with Gasteiger partial charge in [0.05, 0.1) is 14.2 Å². The van der Waals surface area contributed by atoms with Crippen molar-refractivity contribution in [1.29, 1.82) is 0 Å². The lowest BCUT2D eigenvalue weighted by Gasteiger charge is -2.00. The van der Waals surface area contributed by atoms with E-state index in [9.17, 15) is 4.79 Å². The Bertz CT molecular complexity index is 1730. The van der Waals surface area contributed by atoms with Gasteiger partial charge in [0.25, 0.3) is 0 Å². The zero-order chi connectivity index (χ0) is 37.0. The molecule has 6 aromatic heterocycles. The molecule has 0 aromatic carbocycles. The summed E-state index contributed by atoms with van der Waals surface area (Å²) in [5.74, 6) is 1.87. The van der Waals surface area contributed by atoms with Crippen molar-refractivity contribution in [2.75, 3.05) is 27.9 Å². The minimum atomic E-state index is -1.53. The van der Waals surface area contributed by atoms with E-state index in [1.165, 1.54) is 25.6 Å².